The molecular formula is C13H18N8O2S. The van der Waals surface area contributed by atoms with E-state index in [0.717, 1.165) is 5.82 Å². The highest BCUT2D eigenvalue weighted by atomic mass is 32.2. The number of sulfonamides is 1. The van der Waals surface area contributed by atoms with Crippen molar-refractivity contribution in [1.82, 2.24) is 15.5 Å². The van der Waals surface area contributed by atoms with E-state index in [2.05, 4.69) is 15.1 Å². The van der Waals surface area contributed by atoms with Crippen molar-refractivity contribution in [3.63, 3.8) is 0 Å². The van der Waals surface area contributed by atoms with Crippen molar-refractivity contribution in [2.75, 3.05) is 19.0 Å². The SMILES string of the molecule is CN(C)c1ccc(-c2ccnc(S(N)(=O)=O)c2/C(N)=N/NN)cn1. The summed E-state index contributed by atoms with van der Waals surface area (Å²) in [6.07, 6.45) is 2.91. The molecule has 0 spiro atoms. The van der Waals surface area contributed by atoms with Gasteiger partial charge in [0.05, 0.1) is 5.56 Å². The highest BCUT2D eigenvalue weighted by Crippen LogP contribution is 2.27. The average Bonchev–Trinajstić information content (AvgIpc) is 2.53. The molecule has 2 aromatic rings. The van der Waals surface area contributed by atoms with Crippen LogP contribution < -0.4 is 27.2 Å². The predicted octanol–water partition coefficient (Wildman–Crippen LogP) is -1.06. The lowest BCUT2D eigenvalue weighted by Crippen LogP contribution is -2.27. The van der Waals surface area contributed by atoms with E-state index in [1.54, 1.807) is 24.4 Å². The van der Waals surface area contributed by atoms with Gasteiger partial charge >= 0.3 is 0 Å². The minimum absolute atomic E-state index is 0.0531. The maximum absolute atomic E-state index is 11.8. The highest BCUT2D eigenvalue weighted by Gasteiger charge is 2.23. The van der Waals surface area contributed by atoms with Crippen LogP contribution in [0.1, 0.15) is 5.56 Å². The van der Waals surface area contributed by atoms with Crippen LogP contribution in [-0.2, 0) is 10.0 Å². The van der Waals surface area contributed by atoms with Crippen molar-refractivity contribution >= 4 is 21.7 Å². The fourth-order valence-corrected chi connectivity index (χ4v) is 2.79. The molecule has 0 aliphatic rings. The van der Waals surface area contributed by atoms with Crippen LogP contribution in [0.3, 0.4) is 0 Å². The third-order valence-corrected chi connectivity index (χ3v) is 3.99. The molecule has 0 aliphatic carbocycles. The first-order valence-electron chi connectivity index (χ1n) is 6.70. The number of nitrogens with two attached hydrogens (primary N) is 3. The molecule has 7 N–H and O–H groups in total. The van der Waals surface area contributed by atoms with Crippen LogP contribution in [0, 0.1) is 0 Å². The fourth-order valence-electron chi connectivity index (χ4n) is 2.08. The molecule has 0 fully saturated rings. The van der Waals surface area contributed by atoms with Crippen LogP contribution in [0.25, 0.3) is 11.1 Å². The molecule has 0 amide bonds. The first-order valence-corrected chi connectivity index (χ1v) is 8.25. The number of hydrogen-bond donors (Lipinski definition) is 4. The summed E-state index contributed by atoms with van der Waals surface area (Å²) in [6, 6.07) is 5.15. The quantitative estimate of drug-likeness (QED) is 0.229. The first-order chi connectivity index (χ1) is 11.3. The van der Waals surface area contributed by atoms with Crippen molar-refractivity contribution in [3.05, 3.63) is 36.2 Å². The number of rotatable bonds is 5. The van der Waals surface area contributed by atoms with Gasteiger partial charge in [0.2, 0.25) is 0 Å². The summed E-state index contributed by atoms with van der Waals surface area (Å²) >= 11 is 0. The molecule has 0 saturated heterocycles. The summed E-state index contributed by atoms with van der Waals surface area (Å²) < 4.78 is 23.6. The van der Waals surface area contributed by atoms with Gasteiger partial charge in [0.25, 0.3) is 10.0 Å². The zero-order valence-corrected chi connectivity index (χ0v) is 13.9. The summed E-state index contributed by atoms with van der Waals surface area (Å²) in [7, 11) is -0.403. The normalized spacial score (nSPS) is 12.1. The Labute approximate surface area is 139 Å². The van der Waals surface area contributed by atoms with Gasteiger partial charge in [-0.25, -0.2) is 34.9 Å². The van der Waals surface area contributed by atoms with Gasteiger partial charge in [0.15, 0.2) is 10.9 Å². The smallest absolute Gasteiger partial charge is 0.256 e. The zero-order chi connectivity index (χ0) is 17.9. The number of nitrogens with zero attached hydrogens (tertiary/aromatic N) is 4. The van der Waals surface area contributed by atoms with E-state index < -0.39 is 15.0 Å². The second-order valence-electron chi connectivity index (χ2n) is 5.01. The van der Waals surface area contributed by atoms with E-state index in [1.807, 2.05) is 24.5 Å². The average molecular weight is 350 g/mol. The third-order valence-electron chi connectivity index (χ3n) is 3.14. The van der Waals surface area contributed by atoms with Gasteiger partial charge in [0, 0.05) is 32.1 Å². The number of amidine groups is 1. The van der Waals surface area contributed by atoms with E-state index in [1.165, 1.54) is 6.20 Å². The molecular weight excluding hydrogens is 332 g/mol. The number of nitrogens with one attached hydrogen (secondary N) is 1. The Bertz CT molecular complexity index is 862. The Morgan fingerprint density at radius 2 is 1.96 bits per heavy atom. The Balaban J connectivity index is 2.72. The molecule has 0 radical (unpaired) electrons. The van der Waals surface area contributed by atoms with Gasteiger partial charge in [-0.3, -0.25) is 0 Å². The Morgan fingerprint density at radius 3 is 2.46 bits per heavy atom. The van der Waals surface area contributed by atoms with Gasteiger partial charge in [-0.15, -0.1) is 5.10 Å². The lowest BCUT2D eigenvalue weighted by atomic mass is 10.0. The number of hydrogen-bond acceptors (Lipinski definition) is 8. The molecule has 0 unspecified atom stereocenters. The van der Waals surface area contributed by atoms with Gasteiger partial charge in [0.1, 0.15) is 5.82 Å². The van der Waals surface area contributed by atoms with E-state index in [-0.39, 0.29) is 11.4 Å². The summed E-state index contributed by atoms with van der Waals surface area (Å²) in [6.45, 7) is 0. The fraction of sp³-hybridized carbons (Fsp3) is 0.154. The van der Waals surface area contributed by atoms with Crippen LogP contribution in [0.2, 0.25) is 0 Å². The molecule has 0 saturated carbocycles. The minimum atomic E-state index is -4.12. The molecule has 2 rings (SSSR count). The van der Waals surface area contributed by atoms with Crippen LogP contribution in [0.5, 0.6) is 0 Å². The standard InChI is InChI=1S/C13H18N8O2S/c1-21(2)10-4-3-8(7-18-10)9-5-6-17-13(24(16,22)23)11(9)12(14)19-20-15/h3-7,20H,15H2,1-2H3,(H2,14,19)(H2,16,22,23). The molecule has 2 heterocycles. The van der Waals surface area contributed by atoms with Gasteiger partial charge in [-0.1, -0.05) is 0 Å². The molecule has 2 aromatic heterocycles. The van der Waals surface area contributed by atoms with E-state index in [0.29, 0.717) is 11.1 Å². The molecule has 128 valence electrons. The summed E-state index contributed by atoms with van der Waals surface area (Å²) in [4.78, 5) is 9.95. The summed E-state index contributed by atoms with van der Waals surface area (Å²) in [5.74, 6) is 5.71. The van der Waals surface area contributed by atoms with Gasteiger partial charge in [-0.2, -0.15) is 0 Å². The molecule has 10 nitrogen and oxygen atoms in total. The van der Waals surface area contributed by atoms with Crippen LogP contribution >= 0.6 is 0 Å². The molecule has 11 heteroatoms. The number of hydrazine groups is 1. The van der Waals surface area contributed by atoms with Crippen LogP contribution in [0.4, 0.5) is 5.82 Å². The highest BCUT2D eigenvalue weighted by molar-refractivity contribution is 7.89. The lowest BCUT2D eigenvalue weighted by Gasteiger charge is -2.14. The largest absolute Gasteiger partial charge is 0.382 e. The Morgan fingerprint density at radius 1 is 1.25 bits per heavy atom. The van der Waals surface area contributed by atoms with Crippen molar-refractivity contribution in [2.45, 2.75) is 5.03 Å². The summed E-state index contributed by atoms with van der Waals surface area (Å²) in [5, 5.41) is 8.47. The minimum Gasteiger partial charge on any atom is -0.382 e. The van der Waals surface area contributed by atoms with Crippen molar-refractivity contribution < 1.29 is 8.42 Å². The second-order valence-corrected chi connectivity index (χ2v) is 6.49. The van der Waals surface area contributed by atoms with E-state index in [4.69, 9.17) is 16.7 Å². The lowest BCUT2D eigenvalue weighted by molar-refractivity contribution is 0.594. The van der Waals surface area contributed by atoms with Crippen molar-refractivity contribution in [3.8, 4) is 11.1 Å². The Hall–Kier alpha value is -2.76. The number of pyridine rings is 2. The van der Waals surface area contributed by atoms with Crippen LogP contribution in [0.15, 0.2) is 40.7 Å². The van der Waals surface area contributed by atoms with Gasteiger partial charge in [-0.05, 0) is 23.8 Å². The van der Waals surface area contributed by atoms with E-state index >= 15 is 0 Å². The molecule has 0 bridgehead atoms. The predicted molar refractivity (Wildman–Crippen MR) is 91.2 cm³/mol. The first kappa shape index (κ1) is 17.6. The monoisotopic (exact) mass is 350 g/mol. The Kier molecular flexibility index (Phi) is 4.97. The number of primary sulfonamides is 1. The topological polar surface area (TPSA) is 166 Å². The number of aromatic nitrogens is 2. The van der Waals surface area contributed by atoms with Crippen molar-refractivity contribution in [1.29, 1.82) is 0 Å². The van der Waals surface area contributed by atoms with Crippen molar-refractivity contribution in [2.24, 2.45) is 21.8 Å². The maximum Gasteiger partial charge on any atom is 0.256 e. The molecule has 0 aromatic carbocycles. The molecule has 24 heavy (non-hydrogen) atoms. The molecule has 0 aliphatic heterocycles. The maximum atomic E-state index is 11.8. The van der Waals surface area contributed by atoms with E-state index in [9.17, 15) is 8.42 Å². The van der Waals surface area contributed by atoms with Gasteiger partial charge < -0.3 is 10.6 Å². The zero-order valence-electron chi connectivity index (χ0n) is 13.1. The molecule has 0 atom stereocenters. The van der Waals surface area contributed by atoms with Crippen LogP contribution in [-0.4, -0.2) is 38.3 Å². The number of anilines is 1. The second kappa shape index (κ2) is 6.78. The number of hydrazone groups is 1. The summed E-state index contributed by atoms with van der Waals surface area (Å²) in [5.41, 5.74) is 9.00. The third kappa shape index (κ3) is 3.59.